The fourth-order valence-electron chi connectivity index (χ4n) is 1.51. The van der Waals surface area contributed by atoms with Crippen LogP contribution in [0.4, 0.5) is 5.69 Å². The molecule has 0 N–H and O–H groups in total. The van der Waals surface area contributed by atoms with Crippen molar-refractivity contribution in [2.45, 2.75) is 0 Å². The Morgan fingerprint density at radius 1 is 0.944 bits per heavy atom. The number of para-hydroxylation sites is 1. The molecule has 0 saturated heterocycles. The molecule has 2 aromatic rings. The first-order valence-electron chi connectivity index (χ1n) is 5.79. The van der Waals surface area contributed by atoms with Gasteiger partial charge in [-0.2, -0.15) is 0 Å². The number of hydrogen-bond donors (Lipinski definition) is 0. The van der Waals surface area contributed by atoms with E-state index in [1.165, 1.54) is 5.56 Å². The number of hydrogen-bond acceptors (Lipinski definition) is 2. The first kappa shape index (κ1) is 12.7. The van der Waals surface area contributed by atoms with Crippen LogP contribution in [-0.4, -0.2) is 11.3 Å². The molecule has 1 nitrogen and oxygen atoms in total. The SMILES string of the molecule is CSC(/C=C\c1ccccc1)=Nc1ccccc1. The van der Waals surface area contributed by atoms with Gasteiger partial charge in [-0.15, -0.1) is 11.8 Å². The Bertz CT molecular complexity index is 530. The van der Waals surface area contributed by atoms with Crippen LogP contribution >= 0.6 is 11.8 Å². The van der Waals surface area contributed by atoms with Crippen molar-refractivity contribution in [1.29, 1.82) is 0 Å². The zero-order chi connectivity index (χ0) is 12.6. The number of nitrogens with zero attached hydrogens (tertiary/aromatic N) is 1. The van der Waals surface area contributed by atoms with E-state index in [4.69, 9.17) is 0 Å². The Kier molecular flexibility index (Phi) is 4.79. The Balaban J connectivity index is 2.15. The standard InChI is InChI=1S/C16H15NS/c1-18-16(17-15-10-6-3-7-11-15)13-12-14-8-4-2-5-9-14/h2-13H,1H3/b13-12-,17-16?. The van der Waals surface area contributed by atoms with Crippen molar-refractivity contribution in [3.63, 3.8) is 0 Å². The van der Waals surface area contributed by atoms with Crippen molar-refractivity contribution >= 4 is 28.6 Å². The molecule has 0 saturated carbocycles. The molecule has 0 atom stereocenters. The number of aliphatic imine (C=N–C) groups is 1. The van der Waals surface area contributed by atoms with Crippen molar-refractivity contribution in [2.24, 2.45) is 4.99 Å². The lowest BCUT2D eigenvalue weighted by Crippen LogP contribution is -1.83. The van der Waals surface area contributed by atoms with Crippen LogP contribution in [0.25, 0.3) is 6.08 Å². The maximum Gasteiger partial charge on any atom is 0.0964 e. The lowest BCUT2D eigenvalue weighted by molar-refractivity contribution is 1.54. The number of thioether (sulfide) groups is 1. The fourth-order valence-corrected chi connectivity index (χ4v) is 1.91. The molecule has 0 unspecified atom stereocenters. The molecule has 0 aliphatic heterocycles. The van der Waals surface area contributed by atoms with Gasteiger partial charge in [0.1, 0.15) is 0 Å². The topological polar surface area (TPSA) is 12.4 Å². The van der Waals surface area contributed by atoms with Crippen molar-refractivity contribution in [3.05, 3.63) is 72.3 Å². The third-order valence-corrected chi connectivity index (χ3v) is 3.07. The van der Waals surface area contributed by atoms with Gasteiger partial charge in [0, 0.05) is 0 Å². The lowest BCUT2D eigenvalue weighted by atomic mass is 10.2. The summed E-state index contributed by atoms with van der Waals surface area (Å²) < 4.78 is 0. The van der Waals surface area contributed by atoms with Gasteiger partial charge in [-0.25, -0.2) is 4.99 Å². The van der Waals surface area contributed by atoms with Crippen LogP contribution in [-0.2, 0) is 0 Å². The van der Waals surface area contributed by atoms with Crippen LogP contribution in [0.2, 0.25) is 0 Å². The van der Waals surface area contributed by atoms with Gasteiger partial charge < -0.3 is 0 Å². The lowest BCUT2D eigenvalue weighted by Gasteiger charge is -1.97. The molecular weight excluding hydrogens is 238 g/mol. The monoisotopic (exact) mass is 253 g/mol. The van der Waals surface area contributed by atoms with Crippen molar-refractivity contribution in [2.75, 3.05) is 6.26 Å². The minimum Gasteiger partial charge on any atom is -0.242 e. The molecule has 0 aromatic heterocycles. The van der Waals surface area contributed by atoms with E-state index in [9.17, 15) is 0 Å². The molecule has 0 spiro atoms. The molecule has 0 amide bonds. The molecular formula is C16H15NS. The second-order valence-corrected chi connectivity index (χ2v) is 4.56. The molecule has 2 aromatic carbocycles. The first-order chi connectivity index (χ1) is 8.88. The summed E-state index contributed by atoms with van der Waals surface area (Å²) in [4.78, 5) is 4.58. The fraction of sp³-hybridized carbons (Fsp3) is 0.0625. The molecule has 0 bridgehead atoms. The zero-order valence-corrected chi connectivity index (χ0v) is 11.1. The molecule has 2 rings (SSSR count). The summed E-state index contributed by atoms with van der Waals surface area (Å²) in [5, 5.41) is 1.00. The summed E-state index contributed by atoms with van der Waals surface area (Å²) in [7, 11) is 0. The minimum absolute atomic E-state index is 0.986. The van der Waals surface area contributed by atoms with E-state index in [2.05, 4.69) is 23.2 Å². The van der Waals surface area contributed by atoms with Crippen LogP contribution in [0, 0.1) is 0 Å². The molecule has 0 fully saturated rings. The van der Waals surface area contributed by atoms with Crippen LogP contribution in [0.1, 0.15) is 5.56 Å². The minimum atomic E-state index is 0.986. The molecule has 18 heavy (non-hydrogen) atoms. The van der Waals surface area contributed by atoms with E-state index >= 15 is 0 Å². The van der Waals surface area contributed by atoms with Gasteiger partial charge in [0.15, 0.2) is 0 Å². The second-order valence-electron chi connectivity index (χ2n) is 3.73. The summed E-state index contributed by atoms with van der Waals surface area (Å²) in [6.07, 6.45) is 6.17. The molecule has 0 heterocycles. The predicted octanol–water partition coefficient (Wildman–Crippen LogP) is 4.79. The normalized spacial score (nSPS) is 11.9. The zero-order valence-electron chi connectivity index (χ0n) is 10.3. The van der Waals surface area contributed by atoms with Gasteiger partial charge in [0.2, 0.25) is 0 Å². The molecule has 0 aliphatic rings. The van der Waals surface area contributed by atoms with E-state index in [1.54, 1.807) is 11.8 Å². The molecule has 90 valence electrons. The average Bonchev–Trinajstić information content (AvgIpc) is 2.45. The van der Waals surface area contributed by atoms with Gasteiger partial charge in [-0.05, 0) is 30.0 Å². The van der Waals surface area contributed by atoms with E-state index in [0.29, 0.717) is 0 Å². The largest absolute Gasteiger partial charge is 0.242 e. The highest BCUT2D eigenvalue weighted by molar-refractivity contribution is 8.13. The summed E-state index contributed by atoms with van der Waals surface area (Å²) in [5.74, 6) is 0. The van der Waals surface area contributed by atoms with Gasteiger partial charge >= 0.3 is 0 Å². The summed E-state index contributed by atoms with van der Waals surface area (Å²) >= 11 is 1.65. The Labute approximate surface area is 112 Å². The summed E-state index contributed by atoms with van der Waals surface area (Å²) in [6, 6.07) is 20.3. The highest BCUT2D eigenvalue weighted by atomic mass is 32.2. The molecule has 0 radical (unpaired) electrons. The van der Waals surface area contributed by atoms with Crippen molar-refractivity contribution < 1.29 is 0 Å². The van der Waals surface area contributed by atoms with Crippen molar-refractivity contribution in [1.82, 2.24) is 0 Å². The van der Waals surface area contributed by atoms with Crippen molar-refractivity contribution in [3.8, 4) is 0 Å². The van der Waals surface area contributed by atoms with Gasteiger partial charge in [0.05, 0.1) is 10.7 Å². The van der Waals surface area contributed by atoms with E-state index < -0.39 is 0 Å². The van der Waals surface area contributed by atoms with E-state index in [1.807, 2.05) is 60.9 Å². The smallest absolute Gasteiger partial charge is 0.0964 e. The van der Waals surface area contributed by atoms with E-state index in [-0.39, 0.29) is 0 Å². The van der Waals surface area contributed by atoms with Gasteiger partial charge in [-0.3, -0.25) is 0 Å². The second kappa shape index (κ2) is 6.82. The van der Waals surface area contributed by atoms with Crippen LogP contribution in [0.15, 0.2) is 71.7 Å². The Hall–Kier alpha value is -1.80. The quantitative estimate of drug-likeness (QED) is 0.565. The maximum absolute atomic E-state index is 4.58. The van der Waals surface area contributed by atoms with Crippen LogP contribution < -0.4 is 0 Å². The number of rotatable bonds is 3. The predicted molar refractivity (Wildman–Crippen MR) is 82.5 cm³/mol. The van der Waals surface area contributed by atoms with E-state index in [0.717, 1.165) is 10.7 Å². The third kappa shape index (κ3) is 3.90. The Morgan fingerprint density at radius 2 is 1.56 bits per heavy atom. The molecule has 2 heteroatoms. The first-order valence-corrected chi connectivity index (χ1v) is 7.02. The third-order valence-electron chi connectivity index (χ3n) is 2.42. The Morgan fingerprint density at radius 3 is 2.17 bits per heavy atom. The van der Waals surface area contributed by atoms with Crippen LogP contribution in [0.5, 0.6) is 0 Å². The average molecular weight is 253 g/mol. The number of benzene rings is 2. The van der Waals surface area contributed by atoms with Gasteiger partial charge in [-0.1, -0.05) is 54.6 Å². The van der Waals surface area contributed by atoms with Crippen LogP contribution in [0.3, 0.4) is 0 Å². The highest BCUT2D eigenvalue weighted by Crippen LogP contribution is 2.15. The molecule has 0 aliphatic carbocycles. The highest BCUT2D eigenvalue weighted by Gasteiger charge is 1.93. The van der Waals surface area contributed by atoms with Gasteiger partial charge in [0.25, 0.3) is 0 Å². The summed E-state index contributed by atoms with van der Waals surface area (Å²) in [6.45, 7) is 0. The summed E-state index contributed by atoms with van der Waals surface area (Å²) in [5.41, 5.74) is 2.17. The maximum atomic E-state index is 4.58.